The molecule has 0 radical (unpaired) electrons. The van der Waals surface area contributed by atoms with Gasteiger partial charge in [-0.1, -0.05) is 23.7 Å². The van der Waals surface area contributed by atoms with Crippen molar-refractivity contribution in [3.63, 3.8) is 0 Å². The molecule has 4 rings (SSSR count). The van der Waals surface area contributed by atoms with Crippen LogP contribution in [0.15, 0.2) is 24.3 Å². The van der Waals surface area contributed by atoms with Crippen molar-refractivity contribution >= 4 is 17.5 Å². The van der Waals surface area contributed by atoms with Gasteiger partial charge < -0.3 is 4.90 Å². The molecule has 0 aliphatic carbocycles. The summed E-state index contributed by atoms with van der Waals surface area (Å²) in [7, 11) is 0. The number of likely N-dealkylation sites (tertiary alicyclic amines) is 2. The number of aryl methyl sites for hydroxylation is 1. The lowest BCUT2D eigenvalue weighted by Gasteiger charge is -2.23. The molecule has 0 N–H and O–H groups in total. The van der Waals surface area contributed by atoms with E-state index in [1.807, 2.05) is 11.8 Å². The smallest absolute Gasteiger partial charge is 0.258 e. The average molecular weight is 391 g/mol. The molecule has 0 spiro atoms. The number of benzene rings is 1. The number of hydrogen-bond donors (Lipinski definition) is 0. The molecule has 1 unspecified atom stereocenters. The van der Waals surface area contributed by atoms with Crippen LogP contribution in [0.25, 0.3) is 0 Å². The molecule has 2 fully saturated rings. The van der Waals surface area contributed by atoms with E-state index in [1.54, 1.807) is 16.8 Å². The van der Waals surface area contributed by atoms with Crippen molar-refractivity contribution in [3.05, 3.63) is 52.1 Å². The molecule has 0 saturated carbocycles. The molecule has 1 aromatic heterocycles. The van der Waals surface area contributed by atoms with Gasteiger partial charge in [0.1, 0.15) is 11.0 Å². The average Bonchev–Trinajstić information content (AvgIpc) is 3.38. The number of hydrogen-bond acceptors (Lipinski definition) is 3. The van der Waals surface area contributed by atoms with Crippen LogP contribution in [0.3, 0.4) is 0 Å². The van der Waals surface area contributed by atoms with Crippen LogP contribution in [0.4, 0.5) is 4.39 Å². The first-order valence-electron chi connectivity index (χ1n) is 9.53. The highest BCUT2D eigenvalue weighted by molar-refractivity contribution is 6.33. The van der Waals surface area contributed by atoms with Gasteiger partial charge in [0, 0.05) is 19.1 Å². The van der Waals surface area contributed by atoms with Crippen LogP contribution in [-0.2, 0) is 6.54 Å². The van der Waals surface area contributed by atoms with Crippen molar-refractivity contribution in [2.45, 2.75) is 38.8 Å². The monoisotopic (exact) mass is 390 g/mol. The Kier molecular flexibility index (Phi) is 5.19. The third-order valence-electron chi connectivity index (χ3n) is 5.63. The minimum absolute atomic E-state index is 0.0375. The Balaban J connectivity index is 1.49. The molecule has 1 amide bonds. The van der Waals surface area contributed by atoms with Gasteiger partial charge in [0.05, 0.1) is 17.8 Å². The van der Waals surface area contributed by atoms with Gasteiger partial charge in [0.15, 0.2) is 0 Å². The second kappa shape index (κ2) is 7.60. The van der Waals surface area contributed by atoms with Crippen molar-refractivity contribution in [3.8, 4) is 0 Å². The molecular weight excluding hydrogens is 367 g/mol. The first-order valence-corrected chi connectivity index (χ1v) is 9.91. The maximum absolute atomic E-state index is 13.1. The molecule has 5 nitrogen and oxygen atoms in total. The van der Waals surface area contributed by atoms with Crippen LogP contribution in [-0.4, -0.2) is 57.7 Å². The molecule has 2 aliphatic rings. The maximum atomic E-state index is 13.1. The summed E-state index contributed by atoms with van der Waals surface area (Å²) in [5.41, 5.74) is 2.01. The summed E-state index contributed by atoms with van der Waals surface area (Å²) in [5, 5.41) is 4.80. The normalized spacial score (nSPS) is 20.6. The number of rotatable bonds is 4. The zero-order valence-corrected chi connectivity index (χ0v) is 16.3. The van der Waals surface area contributed by atoms with Crippen LogP contribution >= 0.6 is 11.6 Å². The van der Waals surface area contributed by atoms with E-state index < -0.39 is 0 Å². The lowest BCUT2D eigenvalue weighted by molar-refractivity contribution is 0.0779. The van der Waals surface area contributed by atoms with Gasteiger partial charge >= 0.3 is 0 Å². The van der Waals surface area contributed by atoms with Gasteiger partial charge in [-0.15, -0.1) is 0 Å². The van der Waals surface area contributed by atoms with Gasteiger partial charge in [-0.3, -0.25) is 9.69 Å². The van der Waals surface area contributed by atoms with E-state index in [0.717, 1.165) is 38.2 Å². The molecule has 3 heterocycles. The molecule has 0 bridgehead atoms. The van der Waals surface area contributed by atoms with E-state index in [2.05, 4.69) is 10.00 Å². The third-order valence-corrected chi connectivity index (χ3v) is 6.02. The van der Waals surface area contributed by atoms with Crippen LogP contribution in [0, 0.1) is 12.7 Å². The topological polar surface area (TPSA) is 41.4 Å². The van der Waals surface area contributed by atoms with Crippen molar-refractivity contribution in [2.24, 2.45) is 0 Å². The molecule has 7 heteroatoms. The highest BCUT2D eigenvalue weighted by Crippen LogP contribution is 2.26. The summed E-state index contributed by atoms with van der Waals surface area (Å²) in [6.07, 6.45) is 3.53. The van der Waals surface area contributed by atoms with Gasteiger partial charge in [0.2, 0.25) is 0 Å². The molecular formula is C20H24ClFN4O. The predicted molar refractivity (Wildman–Crippen MR) is 103 cm³/mol. The van der Waals surface area contributed by atoms with Gasteiger partial charge in [-0.25, -0.2) is 9.07 Å². The van der Waals surface area contributed by atoms with Gasteiger partial charge in [0.25, 0.3) is 5.91 Å². The quantitative estimate of drug-likeness (QED) is 0.804. The number of carbonyl (C=O) groups is 1. The molecule has 2 saturated heterocycles. The van der Waals surface area contributed by atoms with E-state index in [4.69, 9.17) is 11.6 Å². The largest absolute Gasteiger partial charge is 0.337 e. The maximum Gasteiger partial charge on any atom is 0.258 e. The summed E-state index contributed by atoms with van der Waals surface area (Å²) in [6.45, 7) is 6.03. The second-order valence-corrected chi connectivity index (χ2v) is 7.83. The van der Waals surface area contributed by atoms with Crippen molar-refractivity contribution in [1.82, 2.24) is 19.6 Å². The second-order valence-electron chi connectivity index (χ2n) is 7.47. The van der Waals surface area contributed by atoms with Crippen LogP contribution < -0.4 is 0 Å². The fourth-order valence-electron chi connectivity index (χ4n) is 4.15. The summed E-state index contributed by atoms with van der Waals surface area (Å²) in [5.74, 6) is -0.316. The summed E-state index contributed by atoms with van der Waals surface area (Å²) in [4.78, 5) is 17.5. The lowest BCUT2D eigenvalue weighted by Crippen LogP contribution is -2.37. The number of aromatic nitrogens is 2. The fourth-order valence-corrected chi connectivity index (χ4v) is 4.47. The van der Waals surface area contributed by atoms with Crippen molar-refractivity contribution in [2.75, 3.05) is 26.2 Å². The number of amides is 1. The molecule has 144 valence electrons. The Morgan fingerprint density at radius 3 is 2.63 bits per heavy atom. The minimum Gasteiger partial charge on any atom is -0.337 e. The Morgan fingerprint density at radius 2 is 1.93 bits per heavy atom. The van der Waals surface area contributed by atoms with Crippen LogP contribution in [0.2, 0.25) is 5.15 Å². The van der Waals surface area contributed by atoms with Crippen LogP contribution in [0.1, 0.15) is 40.9 Å². The summed E-state index contributed by atoms with van der Waals surface area (Å²) >= 11 is 6.52. The third kappa shape index (κ3) is 3.73. The van der Waals surface area contributed by atoms with E-state index in [0.29, 0.717) is 29.0 Å². The zero-order chi connectivity index (χ0) is 19.0. The van der Waals surface area contributed by atoms with E-state index in [9.17, 15) is 9.18 Å². The van der Waals surface area contributed by atoms with Crippen molar-refractivity contribution in [1.29, 1.82) is 0 Å². The lowest BCUT2D eigenvalue weighted by atomic mass is 10.2. The molecule has 2 aromatic rings. The Labute approximate surface area is 163 Å². The SMILES string of the molecule is Cc1nn(Cc2ccc(F)cc2)c(Cl)c1C(=O)N1CCC(N2CCCC2)C1. The summed E-state index contributed by atoms with van der Waals surface area (Å²) in [6, 6.07) is 6.68. The highest BCUT2D eigenvalue weighted by Gasteiger charge is 2.34. The van der Waals surface area contributed by atoms with E-state index >= 15 is 0 Å². The molecule has 1 atom stereocenters. The van der Waals surface area contributed by atoms with E-state index in [-0.39, 0.29) is 11.7 Å². The standard InChI is InChI=1S/C20H24ClFN4O/c1-14-18(19(21)26(23-14)12-15-4-6-16(22)7-5-15)20(27)25-11-8-17(13-25)24-9-2-3-10-24/h4-7,17H,2-3,8-13H2,1H3. The Hall–Kier alpha value is -1.92. The summed E-state index contributed by atoms with van der Waals surface area (Å²) < 4.78 is 14.7. The molecule has 2 aliphatic heterocycles. The fraction of sp³-hybridized carbons (Fsp3) is 0.500. The minimum atomic E-state index is -0.279. The number of carbonyl (C=O) groups excluding carboxylic acids is 1. The molecule has 27 heavy (non-hydrogen) atoms. The van der Waals surface area contributed by atoms with E-state index in [1.165, 1.54) is 25.0 Å². The number of halogens is 2. The highest BCUT2D eigenvalue weighted by atomic mass is 35.5. The first-order chi connectivity index (χ1) is 13.0. The van der Waals surface area contributed by atoms with Gasteiger partial charge in [-0.2, -0.15) is 5.10 Å². The first kappa shape index (κ1) is 18.4. The Bertz CT molecular complexity index is 829. The van der Waals surface area contributed by atoms with Crippen molar-refractivity contribution < 1.29 is 9.18 Å². The van der Waals surface area contributed by atoms with Gasteiger partial charge in [-0.05, 0) is 57.0 Å². The van der Waals surface area contributed by atoms with Crippen LogP contribution in [0.5, 0.6) is 0 Å². The zero-order valence-electron chi connectivity index (χ0n) is 15.5. The Morgan fingerprint density at radius 1 is 1.22 bits per heavy atom. The molecule has 1 aromatic carbocycles. The predicted octanol–water partition coefficient (Wildman–Crippen LogP) is 3.34. The number of nitrogens with zero attached hydrogens (tertiary/aromatic N) is 4.